The standard InChI is InChI=1S/C16H15ClO2/c17-15(13-4-2-1-3-5-13)10-16(19)14-8-6-12(11-18)7-9-14/h1-9,11,15-16,19H,10H2/t15-,16-/m0/s1. The lowest BCUT2D eigenvalue weighted by Crippen LogP contribution is -2.02. The maximum Gasteiger partial charge on any atom is 0.150 e. The molecule has 2 atom stereocenters. The van der Waals surface area contributed by atoms with E-state index in [4.69, 9.17) is 11.6 Å². The van der Waals surface area contributed by atoms with Crippen molar-refractivity contribution in [3.8, 4) is 0 Å². The average Bonchev–Trinajstić information content (AvgIpc) is 2.48. The van der Waals surface area contributed by atoms with Gasteiger partial charge in [-0.05, 0) is 17.5 Å². The van der Waals surface area contributed by atoms with Crippen molar-refractivity contribution in [1.29, 1.82) is 0 Å². The van der Waals surface area contributed by atoms with E-state index in [2.05, 4.69) is 0 Å². The molecule has 0 saturated heterocycles. The Morgan fingerprint density at radius 3 is 2.21 bits per heavy atom. The molecular weight excluding hydrogens is 260 g/mol. The van der Waals surface area contributed by atoms with Crippen LogP contribution < -0.4 is 0 Å². The Morgan fingerprint density at radius 2 is 1.63 bits per heavy atom. The Labute approximate surface area is 117 Å². The molecule has 2 aromatic carbocycles. The van der Waals surface area contributed by atoms with E-state index < -0.39 is 6.10 Å². The lowest BCUT2D eigenvalue weighted by Gasteiger charge is -2.15. The summed E-state index contributed by atoms with van der Waals surface area (Å²) in [6.45, 7) is 0. The van der Waals surface area contributed by atoms with E-state index in [-0.39, 0.29) is 5.38 Å². The van der Waals surface area contributed by atoms with E-state index in [1.165, 1.54) is 0 Å². The van der Waals surface area contributed by atoms with Gasteiger partial charge < -0.3 is 5.11 Å². The maximum atomic E-state index is 10.6. The zero-order valence-corrected chi connectivity index (χ0v) is 11.1. The molecule has 0 aromatic heterocycles. The third kappa shape index (κ3) is 3.66. The van der Waals surface area contributed by atoms with Gasteiger partial charge in [-0.15, -0.1) is 11.6 Å². The van der Waals surface area contributed by atoms with Crippen LogP contribution in [0.25, 0.3) is 0 Å². The van der Waals surface area contributed by atoms with Crippen molar-refractivity contribution in [2.24, 2.45) is 0 Å². The lowest BCUT2D eigenvalue weighted by molar-refractivity contribution is 0.112. The number of aliphatic hydroxyl groups is 1. The highest BCUT2D eigenvalue weighted by atomic mass is 35.5. The van der Waals surface area contributed by atoms with Crippen molar-refractivity contribution >= 4 is 17.9 Å². The highest BCUT2D eigenvalue weighted by Gasteiger charge is 2.15. The van der Waals surface area contributed by atoms with Gasteiger partial charge in [0.1, 0.15) is 6.29 Å². The molecule has 0 unspecified atom stereocenters. The van der Waals surface area contributed by atoms with Crippen LogP contribution in [0.3, 0.4) is 0 Å². The molecule has 3 heteroatoms. The molecule has 0 bridgehead atoms. The van der Waals surface area contributed by atoms with Gasteiger partial charge in [-0.25, -0.2) is 0 Å². The summed E-state index contributed by atoms with van der Waals surface area (Å²) < 4.78 is 0. The largest absolute Gasteiger partial charge is 0.388 e. The Morgan fingerprint density at radius 1 is 1.00 bits per heavy atom. The second-order valence-corrected chi connectivity index (χ2v) is 4.94. The van der Waals surface area contributed by atoms with Crippen LogP contribution in [0.4, 0.5) is 0 Å². The predicted molar refractivity (Wildman–Crippen MR) is 76.4 cm³/mol. The van der Waals surface area contributed by atoms with Crippen LogP contribution in [0.2, 0.25) is 0 Å². The Hall–Kier alpha value is -1.64. The monoisotopic (exact) mass is 274 g/mol. The molecule has 0 aliphatic rings. The molecular formula is C16H15ClO2. The van der Waals surface area contributed by atoms with E-state index >= 15 is 0 Å². The van der Waals surface area contributed by atoms with E-state index in [1.807, 2.05) is 30.3 Å². The molecule has 2 nitrogen and oxygen atoms in total. The van der Waals surface area contributed by atoms with Crippen LogP contribution in [0.15, 0.2) is 54.6 Å². The number of hydrogen-bond donors (Lipinski definition) is 1. The van der Waals surface area contributed by atoms with Gasteiger partial charge in [-0.3, -0.25) is 4.79 Å². The minimum absolute atomic E-state index is 0.234. The number of alkyl halides is 1. The summed E-state index contributed by atoms with van der Waals surface area (Å²) in [5.74, 6) is 0. The molecule has 0 radical (unpaired) electrons. The van der Waals surface area contributed by atoms with Crippen molar-refractivity contribution in [2.75, 3.05) is 0 Å². The Kier molecular flexibility index (Phi) is 4.72. The second kappa shape index (κ2) is 6.50. The summed E-state index contributed by atoms with van der Waals surface area (Å²) in [5, 5.41) is 9.91. The van der Waals surface area contributed by atoms with E-state index in [1.54, 1.807) is 24.3 Å². The molecule has 0 aliphatic carbocycles. The first kappa shape index (κ1) is 13.8. The molecule has 0 aliphatic heterocycles. The summed E-state index contributed by atoms with van der Waals surface area (Å²) in [6, 6.07) is 16.6. The number of aldehydes is 1. The van der Waals surface area contributed by atoms with E-state index in [9.17, 15) is 9.90 Å². The van der Waals surface area contributed by atoms with Crippen LogP contribution in [-0.4, -0.2) is 11.4 Å². The van der Waals surface area contributed by atoms with Gasteiger partial charge in [0.05, 0.1) is 11.5 Å². The summed E-state index contributed by atoms with van der Waals surface area (Å²) in [7, 11) is 0. The smallest absolute Gasteiger partial charge is 0.150 e. The predicted octanol–water partition coefficient (Wildman–Crippen LogP) is 3.90. The fourth-order valence-electron chi connectivity index (χ4n) is 1.93. The number of hydrogen-bond acceptors (Lipinski definition) is 2. The molecule has 2 rings (SSSR count). The normalized spacial score (nSPS) is 13.8. The van der Waals surface area contributed by atoms with Crippen molar-refractivity contribution in [3.63, 3.8) is 0 Å². The Balaban J connectivity index is 2.03. The van der Waals surface area contributed by atoms with Gasteiger partial charge >= 0.3 is 0 Å². The molecule has 19 heavy (non-hydrogen) atoms. The number of carbonyl (C=O) groups excluding carboxylic acids is 1. The van der Waals surface area contributed by atoms with Crippen LogP contribution in [-0.2, 0) is 0 Å². The zero-order chi connectivity index (χ0) is 13.7. The maximum absolute atomic E-state index is 10.6. The van der Waals surface area contributed by atoms with Crippen LogP contribution in [0.1, 0.15) is 39.4 Å². The topological polar surface area (TPSA) is 37.3 Å². The van der Waals surface area contributed by atoms with E-state index in [0.717, 1.165) is 17.4 Å². The van der Waals surface area contributed by atoms with Gasteiger partial charge in [0, 0.05) is 5.56 Å². The lowest BCUT2D eigenvalue weighted by atomic mass is 10.00. The first-order chi connectivity index (χ1) is 9.20. The minimum Gasteiger partial charge on any atom is -0.388 e. The molecule has 0 saturated carbocycles. The quantitative estimate of drug-likeness (QED) is 0.663. The molecule has 2 aromatic rings. The summed E-state index contributed by atoms with van der Waals surface area (Å²) in [4.78, 5) is 10.6. The number of rotatable bonds is 5. The van der Waals surface area contributed by atoms with Crippen LogP contribution in [0, 0.1) is 0 Å². The molecule has 0 fully saturated rings. The van der Waals surface area contributed by atoms with Crippen LogP contribution >= 0.6 is 11.6 Å². The first-order valence-electron chi connectivity index (χ1n) is 6.13. The number of halogens is 1. The molecule has 0 heterocycles. The summed E-state index contributed by atoms with van der Waals surface area (Å²) >= 11 is 6.29. The molecule has 0 amide bonds. The van der Waals surface area contributed by atoms with Crippen molar-refractivity contribution in [2.45, 2.75) is 17.9 Å². The fourth-order valence-corrected chi connectivity index (χ4v) is 2.24. The second-order valence-electron chi connectivity index (χ2n) is 4.41. The highest BCUT2D eigenvalue weighted by molar-refractivity contribution is 6.20. The summed E-state index contributed by atoms with van der Waals surface area (Å²) in [6.07, 6.45) is 0.583. The fraction of sp³-hybridized carbons (Fsp3) is 0.188. The molecule has 98 valence electrons. The van der Waals surface area contributed by atoms with E-state index in [0.29, 0.717) is 12.0 Å². The number of aliphatic hydroxyl groups excluding tert-OH is 1. The number of carbonyl (C=O) groups is 1. The van der Waals surface area contributed by atoms with Gasteiger partial charge in [0.15, 0.2) is 0 Å². The first-order valence-corrected chi connectivity index (χ1v) is 6.56. The average molecular weight is 275 g/mol. The summed E-state index contributed by atoms with van der Waals surface area (Å²) in [5.41, 5.74) is 2.36. The molecule has 1 N–H and O–H groups in total. The minimum atomic E-state index is -0.636. The van der Waals surface area contributed by atoms with Gasteiger partial charge in [0.2, 0.25) is 0 Å². The van der Waals surface area contributed by atoms with Gasteiger partial charge in [-0.2, -0.15) is 0 Å². The van der Waals surface area contributed by atoms with Gasteiger partial charge in [-0.1, -0.05) is 54.6 Å². The van der Waals surface area contributed by atoms with Crippen molar-refractivity contribution in [1.82, 2.24) is 0 Å². The molecule has 0 spiro atoms. The third-order valence-corrected chi connectivity index (χ3v) is 3.48. The number of benzene rings is 2. The third-order valence-electron chi connectivity index (χ3n) is 3.05. The Bertz CT molecular complexity index is 522. The zero-order valence-electron chi connectivity index (χ0n) is 10.4. The van der Waals surface area contributed by atoms with Crippen molar-refractivity contribution in [3.05, 3.63) is 71.3 Å². The van der Waals surface area contributed by atoms with Crippen molar-refractivity contribution < 1.29 is 9.90 Å². The SMILES string of the molecule is O=Cc1ccc([C@@H](O)C[C@H](Cl)c2ccccc2)cc1. The highest BCUT2D eigenvalue weighted by Crippen LogP contribution is 2.31. The van der Waals surface area contributed by atoms with Gasteiger partial charge in [0.25, 0.3) is 0 Å². The van der Waals surface area contributed by atoms with Crippen LogP contribution in [0.5, 0.6) is 0 Å².